The van der Waals surface area contributed by atoms with Gasteiger partial charge < -0.3 is 5.32 Å². The quantitative estimate of drug-likeness (QED) is 0.911. The van der Waals surface area contributed by atoms with Crippen molar-refractivity contribution in [1.82, 2.24) is 10.2 Å². The monoisotopic (exact) mass is 284 g/mol. The Labute approximate surface area is 119 Å². The molecule has 0 saturated carbocycles. The Hall–Kier alpha value is -0.640. The molecule has 4 heteroatoms. The first-order valence-electron chi connectivity index (χ1n) is 6.97. The van der Waals surface area contributed by atoms with E-state index in [9.17, 15) is 4.39 Å². The highest BCUT2D eigenvalue weighted by atomic mass is 35.5. The third kappa shape index (κ3) is 3.91. The standard InChI is InChI=1S/C15H22ClFN2/c1-11(2)9-15(19-7-5-18-6-8-19)13-4-3-12(17)10-14(13)16/h3-4,10-11,15,18H,5-9H2,1-2H3/t15-/m1/s1. The van der Waals surface area contributed by atoms with Crippen LogP contribution in [0.25, 0.3) is 0 Å². The SMILES string of the molecule is CC(C)C[C@H](c1ccc(F)cc1Cl)N1CCNCC1. The zero-order valence-corrected chi connectivity index (χ0v) is 12.4. The molecule has 0 bridgehead atoms. The van der Waals surface area contributed by atoms with Crippen LogP contribution in [-0.4, -0.2) is 31.1 Å². The molecule has 1 aliphatic rings. The highest BCUT2D eigenvalue weighted by Crippen LogP contribution is 2.33. The van der Waals surface area contributed by atoms with Crippen LogP contribution < -0.4 is 5.32 Å². The van der Waals surface area contributed by atoms with Gasteiger partial charge in [0, 0.05) is 37.2 Å². The van der Waals surface area contributed by atoms with E-state index in [0.29, 0.717) is 10.9 Å². The first kappa shape index (κ1) is 14.8. The molecule has 106 valence electrons. The summed E-state index contributed by atoms with van der Waals surface area (Å²) in [4.78, 5) is 2.45. The van der Waals surface area contributed by atoms with Gasteiger partial charge in [-0.1, -0.05) is 31.5 Å². The molecule has 0 unspecified atom stereocenters. The van der Waals surface area contributed by atoms with Gasteiger partial charge in [-0.15, -0.1) is 0 Å². The molecule has 1 aromatic carbocycles. The number of nitrogens with one attached hydrogen (secondary N) is 1. The zero-order valence-electron chi connectivity index (χ0n) is 11.6. The van der Waals surface area contributed by atoms with Crippen LogP contribution in [0.15, 0.2) is 18.2 Å². The van der Waals surface area contributed by atoms with Crippen molar-refractivity contribution < 1.29 is 4.39 Å². The van der Waals surface area contributed by atoms with Crippen molar-refractivity contribution in [1.29, 1.82) is 0 Å². The van der Waals surface area contributed by atoms with E-state index in [1.165, 1.54) is 12.1 Å². The smallest absolute Gasteiger partial charge is 0.124 e. The minimum absolute atomic E-state index is 0.266. The van der Waals surface area contributed by atoms with E-state index in [4.69, 9.17) is 11.6 Å². The Morgan fingerprint density at radius 3 is 2.58 bits per heavy atom. The number of rotatable bonds is 4. The predicted molar refractivity (Wildman–Crippen MR) is 78.0 cm³/mol. The van der Waals surface area contributed by atoms with Crippen molar-refractivity contribution in [2.24, 2.45) is 5.92 Å². The number of hydrogen-bond acceptors (Lipinski definition) is 2. The predicted octanol–water partition coefficient (Wildman–Crippen LogP) is 3.47. The Balaban J connectivity index is 2.25. The molecule has 1 atom stereocenters. The van der Waals surface area contributed by atoms with Crippen LogP contribution in [0.5, 0.6) is 0 Å². The molecule has 1 aromatic rings. The van der Waals surface area contributed by atoms with Gasteiger partial charge in [0.2, 0.25) is 0 Å². The summed E-state index contributed by atoms with van der Waals surface area (Å²) in [5.41, 5.74) is 1.05. The highest BCUT2D eigenvalue weighted by molar-refractivity contribution is 6.31. The molecule has 1 heterocycles. The lowest BCUT2D eigenvalue weighted by Crippen LogP contribution is -2.45. The van der Waals surface area contributed by atoms with Crippen molar-refractivity contribution in [3.05, 3.63) is 34.6 Å². The molecule has 0 aromatic heterocycles. The van der Waals surface area contributed by atoms with Gasteiger partial charge >= 0.3 is 0 Å². The summed E-state index contributed by atoms with van der Waals surface area (Å²) in [6, 6.07) is 5.06. The van der Waals surface area contributed by atoms with E-state index in [-0.39, 0.29) is 11.9 Å². The fourth-order valence-corrected chi connectivity index (χ4v) is 2.98. The molecule has 1 saturated heterocycles. The minimum atomic E-state index is -0.266. The van der Waals surface area contributed by atoms with Gasteiger partial charge in [0.1, 0.15) is 5.82 Å². The van der Waals surface area contributed by atoms with E-state index < -0.39 is 0 Å². The average molecular weight is 285 g/mol. The lowest BCUT2D eigenvalue weighted by Gasteiger charge is -2.36. The summed E-state index contributed by atoms with van der Waals surface area (Å²) < 4.78 is 13.2. The van der Waals surface area contributed by atoms with Gasteiger partial charge in [0.15, 0.2) is 0 Å². The Morgan fingerprint density at radius 2 is 2.00 bits per heavy atom. The van der Waals surface area contributed by atoms with Crippen LogP contribution in [0, 0.1) is 11.7 Å². The second kappa shape index (κ2) is 6.69. The zero-order chi connectivity index (χ0) is 13.8. The molecule has 2 nitrogen and oxygen atoms in total. The van der Waals surface area contributed by atoms with Gasteiger partial charge in [-0.25, -0.2) is 4.39 Å². The van der Waals surface area contributed by atoms with Crippen LogP contribution >= 0.6 is 11.6 Å². The molecule has 2 rings (SSSR count). The summed E-state index contributed by atoms with van der Waals surface area (Å²) in [7, 11) is 0. The van der Waals surface area contributed by atoms with E-state index in [2.05, 4.69) is 24.1 Å². The van der Waals surface area contributed by atoms with Crippen LogP contribution in [0.1, 0.15) is 31.9 Å². The number of nitrogens with zero attached hydrogens (tertiary/aromatic N) is 1. The molecule has 1 aliphatic heterocycles. The lowest BCUT2D eigenvalue weighted by atomic mass is 9.95. The maximum atomic E-state index is 13.2. The second-order valence-electron chi connectivity index (χ2n) is 5.60. The molecule has 1 fully saturated rings. The van der Waals surface area contributed by atoms with Crippen molar-refractivity contribution >= 4 is 11.6 Å². The molecule has 19 heavy (non-hydrogen) atoms. The average Bonchev–Trinajstić information content (AvgIpc) is 2.37. The van der Waals surface area contributed by atoms with Crippen LogP contribution in [0.3, 0.4) is 0 Å². The van der Waals surface area contributed by atoms with Crippen LogP contribution in [-0.2, 0) is 0 Å². The second-order valence-corrected chi connectivity index (χ2v) is 6.00. The summed E-state index contributed by atoms with van der Waals surface area (Å²) in [5, 5.41) is 3.91. The topological polar surface area (TPSA) is 15.3 Å². The number of piperazine rings is 1. The normalized spacial score (nSPS) is 18.8. The Morgan fingerprint density at radius 1 is 1.32 bits per heavy atom. The fourth-order valence-electron chi connectivity index (χ4n) is 2.68. The van der Waals surface area contributed by atoms with E-state index >= 15 is 0 Å². The van der Waals surface area contributed by atoms with Gasteiger partial charge in [-0.2, -0.15) is 0 Å². The summed E-state index contributed by atoms with van der Waals surface area (Å²) in [5.74, 6) is 0.318. The van der Waals surface area contributed by atoms with Gasteiger partial charge in [-0.3, -0.25) is 4.90 Å². The van der Waals surface area contributed by atoms with Gasteiger partial charge in [0.05, 0.1) is 0 Å². The first-order valence-corrected chi connectivity index (χ1v) is 7.35. The number of hydrogen-bond donors (Lipinski definition) is 1. The fraction of sp³-hybridized carbons (Fsp3) is 0.600. The molecule has 0 spiro atoms. The maximum Gasteiger partial charge on any atom is 0.124 e. The Kier molecular flexibility index (Phi) is 5.20. The summed E-state index contributed by atoms with van der Waals surface area (Å²) in [6.07, 6.45) is 1.05. The molecular weight excluding hydrogens is 263 g/mol. The maximum absolute atomic E-state index is 13.2. The van der Waals surface area contributed by atoms with Crippen molar-refractivity contribution in [3.8, 4) is 0 Å². The van der Waals surface area contributed by atoms with Crippen molar-refractivity contribution in [3.63, 3.8) is 0 Å². The van der Waals surface area contributed by atoms with Crippen molar-refractivity contribution in [2.45, 2.75) is 26.3 Å². The molecule has 0 amide bonds. The number of halogens is 2. The highest BCUT2D eigenvalue weighted by Gasteiger charge is 2.24. The Bertz CT molecular complexity index is 417. The lowest BCUT2D eigenvalue weighted by molar-refractivity contribution is 0.154. The summed E-state index contributed by atoms with van der Waals surface area (Å²) in [6.45, 7) is 8.48. The largest absolute Gasteiger partial charge is 0.314 e. The summed E-state index contributed by atoms with van der Waals surface area (Å²) >= 11 is 6.24. The van der Waals surface area contributed by atoms with Crippen LogP contribution in [0.2, 0.25) is 5.02 Å². The molecule has 1 N–H and O–H groups in total. The molecule has 0 aliphatic carbocycles. The van der Waals surface area contributed by atoms with E-state index in [0.717, 1.165) is 38.2 Å². The van der Waals surface area contributed by atoms with Gasteiger partial charge in [0.25, 0.3) is 0 Å². The van der Waals surface area contributed by atoms with Crippen LogP contribution in [0.4, 0.5) is 4.39 Å². The first-order chi connectivity index (χ1) is 9.08. The molecule has 0 radical (unpaired) electrons. The number of benzene rings is 1. The van der Waals surface area contributed by atoms with Gasteiger partial charge in [-0.05, 0) is 30.0 Å². The van der Waals surface area contributed by atoms with E-state index in [1.54, 1.807) is 0 Å². The van der Waals surface area contributed by atoms with E-state index in [1.807, 2.05) is 6.07 Å². The molecular formula is C15H22ClFN2. The third-order valence-electron chi connectivity index (χ3n) is 3.61. The van der Waals surface area contributed by atoms with Crippen molar-refractivity contribution in [2.75, 3.05) is 26.2 Å². The minimum Gasteiger partial charge on any atom is -0.314 e. The third-order valence-corrected chi connectivity index (χ3v) is 3.94.